The van der Waals surface area contributed by atoms with Crippen molar-refractivity contribution in [2.45, 2.75) is 0 Å². The lowest BCUT2D eigenvalue weighted by Crippen LogP contribution is -2.00. The van der Waals surface area contributed by atoms with E-state index < -0.39 is 0 Å². The zero-order chi connectivity index (χ0) is 7.84. The van der Waals surface area contributed by atoms with E-state index >= 15 is 0 Å². The van der Waals surface area contributed by atoms with Gasteiger partial charge in [0.2, 0.25) is 0 Å². The van der Waals surface area contributed by atoms with Crippen molar-refractivity contribution in [3.05, 3.63) is 29.6 Å². The highest BCUT2D eigenvalue weighted by atomic mass is 19.1. The zero-order valence-electron chi connectivity index (χ0n) is 5.73. The summed E-state index contributed by atoms with van der Waals surface area (Å²) in [6.07, 6.45) is 0. The average Bonchev–Trinajstić information content (AvgIpc) is 2.32. The van der Waals surface area contributed by atoms with Crippen LogP contribution in [-0.4, -0.2) is 12.3 Å². The fourth-order valence-electron chi connectivity index (χ4n) is 1.18. The van der Waals surface area contributed by atoms with Crippen molar-refractivity contribution in [3.63, 3.8) is 0 Å². The van der Waals surface area contributed by atoms with Crippen LogP contribution in [0.2, 0.25) is 0 Å². The molecule has 0 aliphatic carbocycles. The molecule has 1 N–H and O–H groups in total. The van der Waals surface area contributed by atoms with Crippen molar-refractivity contribution in [1.82, 2.24) is 0 Å². The third-order valence-electron chi connectivity index (χ3n) is 1.72. The second-order valence-corrected chi connectivity index (χ2v) is 2.47. The first-order valence-corrected chi connectivity index (χ1v) is 3.34. The van der Waals surface area contributed by atoms with E-state index in [1.165, 1.54) is 18.2 Å². The van der Waals surface area contributed by atoms with Gasteiger partial charge in [0.05, 0.1) is 6.54 Å². The molecule has 0 saturated carbocycles. The molecule has 0 spiro atoms. The summed E-state index contributed by atoms with van der Waals surface area (Å²) in [6, 6.07) is 4.14. The Morgan fingerprint density at radius 1 is 1.45 bits per heavy atom. The Hall–Kier alpha value is -1.38. The molecule has 56 valence electrons. The van der Waals surface area contributed by atoms with Crippen molar-refractivity contribution in [3.8, 4) is 0 Å². The minimum atomic E-state index is -0.314. The largest absolute Gasteiger partial charge is 0.377 e. The van der Waals surface area contributed by atoms with Gasteiger partial charge >= 0.3 is 0 Å². The molecular weight excluding hydrogens is 145 g/mol. The molecule has 1 heterocycles. The lowest BCUT2D eigenvalue weighted by molar-refractivity contribution is 0.101. The van der Waals surface area contributed by atoms with E-state index in [9.17, 15) is 9.18 Å². The molecule has 2 nitrogen and oxygen atoms in total. The minimum Gasteiger partial charge on any atom is -0.377 e. The van der Waals surface area contributed by atoms with Crippen LogP contribution in [0, 0.1) is 5.82 Å². The Morgan fingerprint density at radius 3 is 3.09 bits per heavy atom. The maximum Gasteiger partial charge on any atom is 0.183 e. The number of rotatable bonds is 0. The number of halogens is 1. The highest BCUT2D eigenvalue weighted by Crippen LogP contribution is 2.22. The molecule has 0 bridgehead atoms. The summed E-state index contributed by atoms with van der Waals surface area (Å²) in [6.45, 7) is 0.290. The van der Waals surface area contributed by atoms with Gasteiger partial charge in [-0.05, 0) is 18.2 Å². The van der Waals surface area contributed by atoms with Gasteiger partial charge in [-0.25, -0.2) is 4.39 Å². The van der Waals surface area contributed by atoms with Gasteiger partial charge in [0.15, 0.2) is 5.78 Å². The highest BCUT2D eigenvalue weighted by molar-refractivity contribution is 6.07. The quantitative estimate of drug-likeness (QED) is 0.607. The molecule has 11 heavy (non-hydrogen) atoms. The van der Waals surface area contributed by atoms with Gasteiger partial charge < -0.3 is 5.32 Å². The van der Waals surface area contributed by atoms with Crippen molar-refractivity contribution < 1.29 is 9.18 Å². The van der Waals surface area contributed by atoms with E-state index in [1.807, 2.05) is 0 Å². The van der Waals surface area contributed by atoms with E-state index in [0.29, 0.717) is 17.8 Å². The first-order chi connectivity index (χ1) is 5.27. The first-order valence-electron chi connectivity index (χ1n) is 3.34. The number of carbonyl (C=O) groups is 1. The molecule has 1 aliphatic heterocycles. The molecular formula is C8H6FNO. The number of carbonyl (C=O) groups excluding carboxylic acids is 1. The molecule has 0 aromatic heterocycles. The fraction of sp³-hybridized carbons (Fsp3) is 0.125. The number of anilines is 1. The molecule has 0 radical (unpaired) electrons. The number of fused-ring (bicyclic) bond motifs is 1. The highest BCUT2D eigenvalue weighted by Gasteiger charge is 2.18. The summed E-state index contributed by atoms with van der Waals surface area (Å²) in [7, 11) is 0. The molecule has 1 aromatic carbocycles. The van der Waals surface area contributed by atoms with E-state index in [0.717, 1.165) is 0 Å². The van der Waals surface area contributed by atoms with Gasteiger partial charge in [0, 0.05) is 11.3 Å². The van der Waals surface area contributed by atoms with Crippen LogP contribution in [0.25, 0.3) is 0 Å². The number of hydrogen-bond donors (Lipinski definition) is 1. The monoisotopic (exact) mass is 151 g/mol. The summed E-state index contributed by atoms with van der Waals surface area (Å²) in [4.78, 5) is 11.0. The lowest BCUT2D eigenvalue weighted by atomic mass is 10.1. The van der Waals surface area contributed by atoms with E-state index in [4.69, 9.17) is 0 Å². The molecule has 1 aliphatic rings. The molecule has 0 unspecified atom stereocenters. The predicted molar refractivity (Wildman–Crippen MR) is 39.2 cm³/mol. The third kappa shape index (κ3) is 0.888. The molecule has 1 aromatic rings. The average molecular weight is 151 g/mol. The van der Waals surface area contributed by atoms with E-state index in [-0.39, 0.29) is 11.6 Å². The van der Waals surface area contributed by atoms with Gasteiger partial charge in [-0.3, -0.25) is 4.79 Å². The van der Waals surface area contributed by atoms with Crippen molar-refractivity contribution in [2.24, 2.45) is 0 Å². The third-order valence-corrected chi connectivity index (χ3v) is 1.72. The number of benzene rings is 1. The Morgan fingerprint density at radius 2 is 2.27 bits per heavy atom. The summed E-state index contributed by atoms with van der Waals surface area (Å²) < 4.78 is 12.5. The van der Waals surface area contributed by atoms with Gasteiger partial charge in [0.1, 0.15) is 5.82 Å². The lowest BCUT2D eigenvalue weighted by Gasteiger charge is -1.95. The van der Waals surface area contributed by atoms with Gasteiger partial charge in [-0.1, -0.05) is 0 Å². The van der Waals surface area contributed by atoms with Crippen molar-refractivity contribution in [1.29, 1.82) is 0 Å². The fourth-order valence-corrected chi connectivity index (χ4v) is 1.18. The van der Waals surface area contributed by atoms with Crippen LogP contribution in [0.3, 0.4) is 0 Å². The second-order valence-electron chi connectivity index (χ2n) is 2.47. The Bertz CT molecular complexity index is 322. The maximum absolute atomic E-state index is 12.5. The normalized spacial score (nSPS) is 14.5. The van der Waals surface area contributed by atoms with Crippen molar-refractivity contribution in [2.75, 3.05) is 11.9 Å². The van der Waals surface area contributed by atoms with Gasteiger partial charge in [-0.15, -0.1) is 0 Å². The number of hydrogen-bond acceptors (Lipinski definition) is 2. The van der Waals surface area contributed by atoms with Crippen LogP contribution in [0.4, 0.5) is 10.1 Å². The van der Waals surface area contributed by atoms with E-state index in [2.05, 4.69) is 5.32 Å². The first kappa shape index (κ1) is 6.34. The Labute approximate surface area is 63.0 Å². The zero-order valence-corrected chi connectivity index (χ0v) is 5.73. The molecule has 0 fully saturated rings. The summed E-state index contributed by atoms with van der Waals surface area (Å²) in [5, 5.41) is 2.80. The van der Waals surface area contributed by atoms with Crippen LogP contribution < -0.4 is 5.32 Å². The summed E-state index contributed by atoms with van der Waals surface area (Å²) in [5.41, 5.74) is 1.20. The topological polar surface area (TPSA) is 29.1 Å². The van der Waals surface area contributed by atoms with Gasteiger partial charge in [-0.2, -0.15) is 0 Å². The SMILES string of the molecule is O=C1CNc2cc(F)ccc21. The molecule has 0 amide bonds. The van der Waals surface area contributed by atoms with Crippen LogP contribution in [0.5, 0.6) is 0 Å². The molecule has 0 saturated heterocycles. The number of nitrogens with one attached hydrogen (secondary N) is 1. The molecule has 0 atom stereocenters. The number of ketones is 1. The Balaban J connectivity index is 2.59. The summed E-state index contributed by atoms with van der Waals surface area (Å²) >= 11 is 0. The predicted octanol–water partition coefficient (Wildman–Crippen LogP) is 1.43. The number of Topliss-reactive ketones (excluding diaryl/α,β-unsaturated/α-hetero) is 1. The van der Waals surface area contributed by atoms with Crippen LogP contribution in [0.1, 0.15) is 10.4 Å². The smallest absolute Gasteiger partial charge is 0.183 e. The minimum absolute atomic E-state index is 0.0278. The second kappa shape index (κ2) is 2.05. The summed E-state index contributed by atoms with van der Waals surface area (Å²) in [5.74, 6) is -0.286. The van der Waals surface area contributed by atoms with Gasteiger partial charge in [0.25, 0.3) is 0 Å². The van der Waals surface area contributed by atoms with Crippen molar-refractivity contribution >= 4 is 11.5 Å². The molecule has 3 heteroatoms. The standard InChI is InChI=1S/C8H6FNO/c9-5-1-2-6-7(3-5)10-4-8(6)11/h1-3,10H,4H2. The van der Waals surface area contributed by atoms with Crippen LogP contribution >= 0.6 is 0 Å². The van der Waals surface area contributed by atoms with Crippen LogP contribution in [0.15, 0.2) is 18.2 Å². The maximum atomic E-state index is 12.5. The van der Waals surface area contributed by atoms with E-state index in [1.54, 1.807) is 0 Å². The van der Waals surface area contributed by atoms with Crippen LogP contribution in [-0.2, 0) is 0 Å². The molecule has 2 rings (SSSR count). The Kier molecular flexibility index (Phi) is 1.18.